The van der Waals surface area contributed by atoms with Crippen molar-refractivity contribution in [3.63, 3.8) is 0 Å². The highest BCUT2D eigenvalue weighted by molar-refractivity contribution is 7.09. The molecule has 1 rings (SSSR count). The Kier molecular flexibility index (Phi) is 4.44. The molecule has 5 heteroatoms. The SMILES string of the molecule is Cc1ncsc1CN(C)C(C)C(C)C(=O)O. The maximum atomic E-state index is 10.9. The van der Waals surface area contributed by atoms with Gasteiger partial charge in [-0.3, -0.25) is 9.69 Å². The Morgan fingerprint density at radius 1 is 1.62 bits per heavy atom. The number of nitrogens with zero attached hydrogens (tertiary/aromatic N) is 2. The fourth-order valence-electron chi connectivity index (χ4n) is 1.44. The molecule has 0 aromatic carbocycles. The van der Waals surface area contributed by atoms with Gasteiger partial charge in [0.25, 0.3) is 0 Å². The number of carbonyl (C=O) groups is 1. The highest BCUT2D eigenvalue weighted by Crippen LogP contribution is 2.18. The van der Waals surface area contributed by atoms with Gasteiger partial charge < -0.3 is 5.11 Å². The van der Waals surface area contributed by atoms with Crippen LogP contribution in [0.1, 0.15) is 24.4 Å². The Balaban J connectivity index is 2.62. The molecule has 2 unspecified atom stereocenters. The van der Waals surface area contributed by atoms with Gasteiger partial charge in [0, 0.05) is 17.5 Å². The van der Waals surface area contributed by atoms with Gasteiger partial charge in [-0.15, -0.1) is 11.3 Å². The molecule has 1 heterocycles. The van der Waals surface area contributed by atoms with E-state index in [1.807, 2.05) is 26.4 Å². The van der Waals surface area contributed by atoms with E-state index in [1.165, 1.54) is 4.88 Å². The van der Waals surface area contributed by atoms with E-state index in [1.54, 1.807) is 18.3 Å². The van der Waals surface area contributed by atoms with Crippen molar-refractivity contribution < 1.29 is 9.90 Å². The quantitative estimate of drug-likeness (QED) is 0.858. The number of aliphatic carboxylic acids is 1. The lowest BCUT2D eigenvalue weighted by Crippen LogP contribution is -2.37. The molecular weight excluding hydrogens is 224 g/mol. The Morgan fingerprint density at radius 2 is 2.25 bits per heavy atom. The first-order valence-corrected chi connectivity index (χ1v) is 6.13. The number of hydrogen-bond donors (Lipinski definition) is 1. The van der Waals surface area contributed by atoms with E-state index < -0.39 is 5.97 Å². The average molecular weight is 242 g/mol. The summed E-state index contributed by atoms with van der Waals surface area (Å²) in [5.74, 6) is -1.11. The molecule has 16 heavy (non-hydrogen) atoms. The van der Waals surface area contributed by atoms with Crippen LogP contribution in [0.15, 0.2) is 5.51 Å². The van der Waals surface area contributed by atoms with Crippen molar-refractivity contribution in [3.8, 4) is 0 Å². The largest absolute Gasteiger partial charge is 0.481 e. The summed E-state index contributed by atoms with van der Waals surface area (Å²) < 4.78 is 0. The molecule has 0 aliphatic carbocycles. The molecule has 1 aromatic heterocycles. The zero-order valence-electron chi connectivity index (χ0n) is 10.1. The van der Waals surface area contributed by atoms with Crippen LogP contribution in [-0.4, -0.2) is 34.0 Å². The summed E-state index contributed by atoms with van der Waals surface area (Å²) >= 11 is 1.62. The van der Waals surface area contributed by atoms with Gasteiger partial charge in [0.05, 0.1) is 17.1 Å². The number of carboxylic acid groups (broad SMARTS) is 1. The standard InChI is InChI=1S/C11H18N2O2S/c1-7(11(14)15)9(3)13(4)5-10-8(2)12-6-16-10/h6-7,9H,5H2,1-4H3,(H,14,15). The predicted octanol–water partition coefficient (Wildman–Crippen LogP) is 1.99. The van der Waals surface area contributed by atoms with Crippen molar-refractivity contribution in [3.05, 3.63) is 16.1 Å². The first-order chi connectivity index (χ1) is 7.43. The van der Waals surface area contributed by atoms with E-state index in [9.17, 15) is 4.79 Å². The normalized spacial score (nSPS) is 15.1. The maximum Gasteiger partial charge on any atom is 0.307 e. The maximum absolute atomic E-state index is 10.9. The molecule has 0 amide bonds. The van der Waals surface area contributed by atoms with Crippen molar-refractivity contribution in [2.45, 2.75) is 33.4 Å². The molecule has 2 atom stereocenters. The lowest BCUT2D eigenvalue weighted by atomic mass is 10.0. The van der Waals surface area contributed by atoms with Crippen LogP contribution >= 0.6 is 11.3 Å². The van der Waals surface area contributed by atoms with Crippen LogP contribution in [0.25, 0.3) is 0 Å². The van der Waals surface area contributed by atoms with Gasteiger partial charge in [-0.05, 0) is 20.9 Å². The molecule has 1 aromatic rings. The van der Waals surface area contributed by atoms with Gasteiger partial charge in [0.1, 0.15) is 0 Å². The minimum Gasteiger partial charge on any atom is -0.481 e. The van der Waals surface area contributed by atoms with Gasteiger partial charge in [0.15, 0.2) is 0 Å². The molecule has 0 saturated carbocycles. The van der Waals surface area contributed by atoms with E-state index in [4.69, 9.17) is 5.11 Å². The van der Waals surface area contributed by atoms with E-state index in [0.29, 0.717) is 0 Å². The Labute approximate surface area is 99.9 Å². The van der Waals surface area contributed by atoms with Crippen LogP contribution in [0.4, 0.5) is 0 Å². The third-order valence-corrected chi connectivity index (χ3v) is 3.97. The van der Waals surface area contributed by atoms with E-state index in [-0.39, 0.29) is 12.0 Å². The molecule has 4 nitrogen and oxygen atoms in total. The van der Waals surface area contributed by atoms with Crippen molar-refractivity contribution in [1.29, 1.82) is 0 Å². The molecule has 0 bridgehead atoms. The lowest BCUT2D eigenvalue weighted by Gasteiger charge is -2.27. The van der Waals surface area contributed by atoms with Gasteiger partial charge in [-0.1, -0.05) is 6.92 Å². The van der Waals surface area contributed by atoms with Crippen molar-refractivity contribution in [2.75, 3.05) is 7.05 Å². The molecule has 0 radical (unpaired) electrons. The number of hydrogen-bond acceptors (Lipinski definition) is 4. The molecular formula is C11H18N2O2S. The van der Waals surface area contributed by atoms with Crippen LogP contribution in [-0.2, 0) is 11.3 Å². The van der Waals surface area contributed by atoms with Gasteiger partial charge in [-0.2, -0.15) is 0 Å². The minimum atomic E-state index is -0.750. The summed E-state index contributed by atoms with van der Waals surface area (Å²) in [6.45, 7) is 6.42. The second kappa shape index (κ2) is 5.41. The average Bonchev–Trinajstić information content (AvgIpc) is 2.62. The van der Waals surface area contributed by atoms with Crippen molar-refractivity contribution in [1.82, 2.24) is 9.88 Å². The van der Waals surface area contributed by atoms with Crippen LogP contribution in [0, 0.1) is 12.8 Å². The van der Waals surface area contributed by atoms with Gasteiger partial charge >= 0.3 is 5.97 Å². The summed E-state index contributed by atoms with van der Waals surface area (Å²) in [4.78, 5) is 18.3. The number of rotatable bonds is 5. The zero-order valence-corrected chi connectivity index (χ0v) is 10.9. The fourth-order valence-corrected chi connectivity index (χ4v) is 2.28. The third-order valence-electron chi connectivity index (χ3n) is 3.05. The topological polar surface area (TPSA) is 53.4 Å². The molecule has 1 N–H and O–H groups in total. The first-order valence-electron chi connectivity index (χ1n) is 5.25. The summed E-state index contributed by atoms with van der Waals surface area (Å²) in [5, 5.41) is 8.95. The number of carboxylic acids is 1. The summed E-state index contributed by atoms with van der Waals surface area (Å²) in [7, 11) is 1.95. The highest BCUT2D eigenvalue weighted by atomic mass is 32.1. The number of aromatic nitrogens is 1. The fraction of sp³-hybridized carbons (Fsp3) is 0.636. The zero-order chi connectivity index (χ0) is 12.3. The van der Waals surface area contributed by atoms with Crippen molar-refractivity contribution in [2.24, 2.45) is 5.92 Å². The highest BCUT2D eigenvalue weighted by Gasteiger charge is 2.23. The summed E-state index contributed by atoms with van der Waals surface area (Å²) in [6, 6.07) is 0.0130. The van der Waals surface area contributed by atoms with Gasteiger partial charge in [-0.25, -0.2) is 4.98 Å². The van der Waals surface area contributed by atoms with Crippen LogP contribution in [0.3, 0.4) is 0 Å². The van der Waals surface area contributed by atoms with Crippen LogP contribution in [0.2, 0.25) is 0 Å². The third kappa shape index (κ3) is 3.02. The Morgan fingerprint density at radius 3 is 2.69 bits per heavy atom. The number of aryl methyl sites for hydroxylation is 1. The van der Waals surface area contributed by atoms with Crippen LogP contribution in [0.5, 0.6) is 0 Å². The number of thiazole rings is 1. The lowest BCUT2D eigenvalue weighted by molar-refractivity contribution is -0.143. The predicted molar refractivity (Wildman–Crippen MR) is 64.6 cm³/mol. The molecule has 0 aliphatic rings. The second-order valence-corrected chi connectivity index (χ2v) is 5.08. The summed E-state index contributed by atoms with van der Waals surface area (Å²) in [6.07, 6.45) is 0. The smallest absolute Gasteiger partial charge is 0.307 e. The minimum absolute atomic E-state index is 0.0130. The Hall–Kier alpha value is -0.940. The second-order valence-electron chi connectivity index (χ2n) is 4.14. The van der Waals surface area contributed by atoms with E-state index in [2.05, 4.69) is 9.88 Å². The Bertz CT molecular complexity index is 365. The summed E-state index contributed by atoms with van der Waals surface area (Å²) in [5.41, 5.74) is 2.86. The van der Waals surface area contributed by atoms with E-state index >= 15 is 0 Å². The van der Waals surface area contributed by atoms with E-state index in [0.717, 1.165) is 12.2 Å². The van der Waals surface area contributed by atoms with Gasteiger partial charge in [0.2, 0.25) is 0 Å². The molecule has 0 saturated heterocycles. The molecule has 0 spiro atoms. The first kappa shape index (κ1) is 13.1. The molecule has 0 fully saturated rings. The van der Waals surface area contributed by atoms with Crippen molar-refractivity contribution >= 4 is 17.3 Å². The monoisotopic (exact) mass is 242 g/mol. The molecule has 0 aliphatic heterocycles. The molecule has 90 valence electrons. The van der Waals surface area contributed by atoms with Crippen LogP contribution < -0.4 is 0 Å².